The first-order chi connectivity index (χ1) is 10.7. The van der Waals surface area contributed by atoms with Gasteiger partial charge < -0.3 is 0 Å². The van der Waals surface area contributed by atoms with Crippen molar-refractivity contribution in [3.8, 4) is 0 Å². The summed E-state index contributed by atoms with van der Waals surface area (Å²) >= 11 is 1.41. The van der Waals surface area contributed by atoms with Crippen LogP contribution >= 0.6 is 11.3 Å². The Morgan fingerprint density at radius 2 is 1.87 bits per heavy atom. The number of rotatable bonds is 4. The van der Waals surface area contributed by atoms with E-state index in [0.717, 1.165) is 16.3 Å². The first-order valence-electron chi connectivity index (χ1n) is 7.13. The van der Waals surface area contributed by atoms with Crippen LogP contribution in [0.4, 0.5) is 5.69 Å². The predicted octanol–water partition coefficient (Wildman–Crippen LogP) is 4.55. The van der Waals surface area contributed by atoms with Crippen molar-refractivity contribution < 1.29 is 9.72 Å². The number of thiazole rings is 1. The molecule has 0 unspecified atom stereocenters. The monoisotopic (exact) mass is 330 g/mol. The van der Waals surface area contributed by atoms with Crippen molar-refractivity contribution in [3.05, 3.63) is 61.6 Å². The Balaban J connectivity index is 2.18. The zero-order valence-corrected chi connectivity index (χ0v) is 14.3. The molecule has 0 atom stereocenters. The van der Waals surface area contributed by atoms with Crippen LogP contribution in [0, 0.1) is 17.0 Å². The molecule has 6 heteroatoms. The van der Waals surface area contributed by atoms with E-state index in [2.05, 4.69) is 25.8 Å². The number of nitro benzene ring substituents is 1. The number of ketones is 1. The van der Waals surface area contributed by atoms with Gasteiger partial charge in [0.25, 0.3) is 5.69 Å². The Bertz CT molecular complexity index is 768. The molecule has 0 radical (unpaired) electrons. The van der Waals surface area contributed by atoms with Crippen LogP contribution < -0.4 is 0 Å². The van der Waals surface area contributed by atoms with Gasteiger partial charge in [0.1, 0.15) is 0 Å². The molecule has 0 aliphatic carbocycles. The summed E-state index contributed by atoms with van der Waals surface area (Å²) in [6.07, 6.45) is 3.14. The number of hydrogen-bond donors (Lipinski definition) is 0. The van der Waals surface area contributed by atoms with Crippen LogP contribution in [0.3, 0.4) is 0 Å². The highest BCUT2D eigenvalue weighted by atomic mass is 32.1. The van der Waals surface area contributed by atoms with E-state index >= 15 is 0 Å². The van der Waals surface area contributed by atoms with Crippen molar-refractivity contribution in [2.24, 2.45) is 0 Å². The van der Waals surface area contributed by atoms with Gasteiger partial charge in [-0.3, -0.25) is 14.9 Å². The summed E-state index contributed by atoms with van der Waals surface area (Å²) in [4.78, 5) is 27.6. The number of nitro groups is 1. The van der Waals surface area contributed by atoms with Crippen LogP contribution in [-0.2, 0) is 5.41 Å². The maximum atomic E-state index is 12.3. The third kappa shape index (κ3) is 4.10. The molecule has 0 spiro atoms. The van der Waals surface area contributed by atoms with Gasteiger partial charge >= 0.3 is 0 Å². The van der Waals surface area contributed by atoms with E-state index in [4.69, 9.17) is 0 Å². The zero-order valence-electron chi connectivity index (χ0n) is 13.5. The van der Waals surface area contributed by atoms with Crippen molar-refractivity contribution in [1.29, 1.82) is 0 Å². The highest BCUT2D eigenvalue weighted by Crippen LogP contribution is 2.29. The number of carbonyl (C=O) groups is 1. The second-order valence-corrected chi connectivity index (χ2v) is 7.23. The number of non-ortho nitro benzene ring substituents is 1. The standard InChI is InChI=1S/C17H18N2O3S/c1-11-15(23-16(18-11)17(2,3)4)14(20)10-7-12-5-8-13(9-6-12)19(21)22/h5-10H,1-4H3. The van der Waals surface area contributed by atoms with Crippen molar-refractivity contribution in [2.45, 2.75) is 33.1 Å². The Morgan fingerprint density at radius 3 is 2.35 bits per heavy atom. The van der Waals surface area contributed by atoms with Crippen LogP contribution in [0.5, 0.6) is 0 Å². The Kier molecular flexibility index (Phi) is 4.75. The molecule has 0 N–H and O–H groups in total. The lowest BCUT2D eigenvalue weighted by molar-refractivity contribution is -0.384. The van der Waals surface area contributed by atoms with Gasteiger partial charge in [0.2, 0.25) is 0 Å². The fraction of sp³-hybridized carbons (Fsp3) is 0.294. The zero-order chi connectivity index (χ0) is 17.2. The van der Waals surface area contributed by atoms with Crippen molar-refractivity contribution >= 4 is 28.9 Å². The lowest BCUT2D eigenvalue weighted by Crippen LogP contribution is -2.10. The maximum absolute atomic E-state index is 12.3. The first kappa shape index (κ1) is 17.0. The SMILES string of the molecule is Cc1nc(C(C)(C)C)sc1C(=O)C=Cc1ccc([N+](=O)[O-])cc1. The summed E-state index contributed by atoms with van der Waals surface area (Å²) in [6.45, 7) is 8.02. The molecule has 0 saturated heterocycles. The third-order valence-corrected chi connectivity index (χ3v) is 4.79. The molecule has 0 aliphatic rings. The van der Waals surface area contributed by atoms with Crippen LogP contribution in [0.1, 0.15) is 46.7 Å². The third-order valence-electron chi connectivity index (χ3n) is 3.19. The van der Waals surface area contributed by atoms with Crippen LogP contribution in [0.15, 0.2) is 30.3 Å². The van der Waals surface area contributed by atoms with Gasteiger partial charge in [-0.2, -0.15) is 0 Å². The Hall–Kier alpha value is -2.34. The van der Waals surface area contributed by atoms with E-state index in [9.17, 15) is 14.9 Å². The summed E-state index contributed by atoms with van der Waals surface area (Å²) in [5.74, 6) is -0.103. The number of nitrogens with zero attached hydrogens (tertiary/aromatic N) is 2. The van der Waals surface area contributed by atoms with Gasteiger partial charge in [-0.05, 0) is 30.7 Å². The normalized spacial score (nSPS) is 11.8. The molecule has 1 aromatic heterocycles. The molecule has 0 amide bonds. The van der Waals surface area contributed by atoms with Gasteiger partial charge in [-0.1, -0.05) is 26.8 Å². The fourth-order valence-corrected chi connectivity index (χ4v) is 2.94. The second-order valence-electron chi connectivity index (χ2n) is 6.23. The van der Waals surface area contributed by atoms with Crippen molar-refractivity contribution in [2.75, 3.05) is 0 Å². The summed E-state index contributed by atoms with van der Waals surface area (Å²) in [5, 5.41) is 11.5. The number of benzene rings is 1. The molecule has 120 valence electrons. The van der Waals surface area contributed by atoms with Gasteiger partial charge in [-0.15, -0.1) is 11.3 Å². The van der Waals surface area contributed by atoms with Gasteiger partial charge in [-0.25, -0.2) is 4.98 Å². The number of aryl methyl sites for hydroxylation is 1. The highest BCUT2D eigenvalue weighted by molar-refractivity contribution is 7.14. The quantitative estimate of drug-likeness (QED) is 0.357. The molecule has 5 nitrogen and oxygen atoms in total. The van der Waals surface area contributed by atoms with E-state index in [1.54, 1.807) is 18.2 Å². The van der Waals surface area contributed by atoms with Crippen LogP contribution in [0.25, 0.3) is 6.08 Å². The average molecular weight is 330 g/mol. The largest absolute Gasteiger partial charge is 0.288 e. The Morgan fingerprint density at radius 1 is 1.26 bits per heavy atom. The van der Waals surface area contributed by atoms with Gasteiger partial charge in [0.05, 0.1) is 20.5 Å². The first-order valence-corrected chi connectivity index (χ1v) is 7.95. The molecule has 23 heavy (non-hydrogen) atoms. The van der Waals surface area contributed by atoms with Crippen LogP contribution in [0.2, 0.25) is 0 Å². The number of carbonyl (C=O) groups excluding carboxylic acids is 1. The minimum absolute atomic E-state index is 0.0293. The number of hydrogen-bond acceptors (Lipinski definition) is 5. The molecule has 2 rings (SSSR count). The predicted molar refractivity (Wildman–Crippen MR) is 92.0 cm³/mol. The smallest absolute Gasteiger partial charge is 0.269 e. The van der Waals surface area contributed by atoms with E-state index in [1.165, 1.54) is 29.5 Å². The number of aromatic nitrogens is 1. The van der Waals surface area contributed by atoms with E-state index in [1.807, 2.05) is 6.92 Å². The van der Waals surface area contributed by atoms with E-state index < -0.39 is 4.92 Å². The molecule has 1 aromatic carbocycles. The van der Waals surface area contributed by atoms with E-state index in [0.29, 0.717) is 4.88 Å². The molecule has 2 aromatic rings. The summed E-state index contributed by atoms with van der Waals surface area (Å²) in [6, 6.07) is 6.06. The topological polar surface area (TPSA) is 73.1 Å². The minimum Gasteiger partial charge on any atom is -0.288 e. The molecule has 1 heterocycles. The summed E-state index contributed by atoms with van der Waals surface area (Å²) < 4.78 is 0. The van der Waals surface area contributed by atoms with E-state index in [-0.39, 0.29) is 16.9 Å². The molecule has 0 bridgehead atoms. The van der Waals surface area contributed by atoms with Gasteiger partial charge in [0.15, 0.2) is 5.78 Å². The Labute approximate surface area is 138 Å². The molecule has 0 aliphatic heterocycles. The number of allylic oxidation sites excluding steroid dienone is 1. The van der Waals surface area contributed by atoms with Gasteiger partial charge in [0, 0.05) is 17.5 Å². The highest BCUT2D eigenvalue weighted by Gasteiger charge is 2.22. The molecule has 0 saturated carbocycles. The van der Waals surface area contributed by atoms with Crippen molar-refractivity contribution in [1.82, 2.24) is 4.98 Å². The maximum Gasteiger partial charge on any atom is 0.269 e. The summed E-state index contributed by atoms with van der Waals surface area (Å²) in [7, 11) is 0. The molecular formula is C17H18N2O3S. The lowest BCUT2D eigenvalue weighted by atomic mass is 9.98. The minimum atomic E-state index is -0.451. The lowest BCUT2D eigenvalue weighted by Gasteiger charge is -2.13. The summed E-state index contributed by atoms with van der Waals surface area (Å²) in [5.41, 5.74) is 1.41. The average Bonchev–Trinajstić information content (AvgIpc) is 2.87. The van der Waals surface area contributed by atoms with Crippen LogP contribution in [-0.4, -0.2) is 15.7 Å². The fourth-order valence-electron chi connectivity index (χ4n) is 1.90. The van der Waals surface area contributed by atoms with Crippen molar-refractivity contribution in [3.63, 3.8) is 0 Å². The molecule has 0 fully saturated rings. The molecular weight excluding hydrogens is 312 g/mol. The second kappa shape index (κ2) is 6.42.